The summed E-state index contributed by atoms with van der Waals surface area (Å²) in [5, 5.41) is 3.59. The summed E-state index contributed by atoms with van der Waals surface area (Å²) in [5.41, 5.74) is 2.83. The SMILES string of the molecule is Cc1ccc(NC(=O)N(C)[C@H](c2ccc(Cl)cc2)c2nccn2C)cc1. The van der Waals surface area contributed by atoms with E-state index in [2.05, 4.69) is 10.3 Å². The van der Waals surface area contributed by atoms with Crippen molar-refractivity contribution in [3.8, 4) is 0 Å². The minimum Gasteiger partial charge on any atom is -0.336 e. The zero-order chi connectivity index (χ0) is 18.7. The van der Waals surface area contributed by atoms with E-state index in [0.717, 1.165) is 22.6 Å². The van der Waals surface area contributed by atoms with Crippen LogP contribution in [0.1, 0.15) is 23.0 Å². The van der Waals surface area contributed by atoms with Gasteiger partial charge in [0.05, 0.1) is 0 Å². The normalized spacial score (nSPS) is 11.8. The van der Waals surface area contributed by atoms with Gasteiger partial charge in [-0.05, 0) is 36.8 Å². The summed E-state index contributed by atoms with van der Waals surface area (Å²) in [6.45, 7) is 2.01. The van der Waals surface area contributed by atoms with E-state index in [1.165, 1.54) is 0 Å². The molecule has 1 aromatic heterocycles. The largest absolute Gasteiger partial charge is 0.336 e. The summed E-state index contributed by atoms with van der Waals surface area (Å²) in [6.07, 6.45) is 3.59. The Hall–Kier alpha value is -2.79. The van der Waals surface area contributed by atoms with Gasteiger partial charge in [0.25, 0.3) is 0 Å². The van der Waals surface area contributed by atoms with Gasteiger partial charge in [-0.15, -0.1) is 0 Å². The number of hydrogen-bond donors (Lipinski definition) is 1. The molecular weight excluding hydrogens is 348 g/mol. The quantitative estimate of drug-likeness (QED) is 0.729. The first-order chi connectivity index (χ1) is 12.5. The predicted molar refractivity (Wildman–Crippen MR) is 104 cm³/mol. The number of nitrogens with zero attached hydrogens (tertiary/aromatic N) is 3. The molecule has 0 saturated heterocycles. The van der Waals surface area contributed by atoms with Gasteiger partial charge < -0.3 is 14.8 Å². The van der Waals surface area contributed by atoms with Crippen molar-refractivity contribution in [1.29, 1.82) is 0 Å². The molecular formula is C20H21ClN4O. The Balaban J connectivity index is 1.90. The molecule has 0 saturated carbocycles. The molecule has 6 heteroatoms. The number of carbonyl (C=O) groups excluding carboxylic acids is 1. The summed E-state index contributed by atoms with van der Waals surface area (Å²) in [4.78, 5) is 18.9. The van der Waals surface area contributed by atoms with E-state index in [4.69, 9.17) is 11.6 Å². The van der Waals surface area contributed by atoms with Crippen molar-refractivity contribution in [2.75, 3.05) is 12.4 Å². The fourth-order valence-electron chi connectivity index (χ4n) is 2.80. The number of nitrogens with one attached hydrogen (secondary N) is 1. The molecule has 1 atom stereocenters. The van der Waals surface area contributed by atoms with Crippen molar-refractivity contribution >= 4 is 23.3 Å². The first kappa shape index (κ1) is 18.0. The fourth-order valence-corrected chi connectivity index (χ4v) is 2.92. The molecule has 0 aliphatic rings. The number of imidazole rings is 1. The molecule has 5 nitrogen and oxygen atoms in total. The Morgan fingerprint density at radius 3 is 2.38 bits per heavy atom. The average molecular weight is 369 g/mol. The second kappa shape index (κ2) is 7.62. The molecule has 2 amide bonds. The molecule has 0 spiro atoms. The smallest absolute Gasteiger partial charge is 0.322 e. The second-order valence-electron chi connectivity index (χ2n) is 6.26. The molecule has 26 heavy (non-hydrogen) atoms. The Morgan fingerprint density at radius 2 is 1.81 bits per heavy atom. The maximum atomic E-state index is 12.8. The van der Waals surface area contributed by atoms with E-state index < -0.39 is 0 Å². The minimum atomic E-state index is -0.335. The molecule has 0 fully saturated rings. The third kappa shape index (κ3) is 3.89. The highest BCUT2D eigenvalue weighted by atomic mass is 35.5. The van der Waals surface area contributed by atoms with Crippen molar-refractivity contribution in [2.24, 2.45) is 7.05 Å². The lowest BCUT2D eigenvalue weighted by Gasteiger charge is -2.28. The molecule has 3 aromatic rings. The zero-order valence-corrected chi connectivity index (χ0v) is 15.7. The van der Waals surface area contributed by atoms with Gasteiger partial charge in [0.1, 0.15) is 11.9 Å². The maximum Gasteiger partial charge on any atom is 0.322 e. The Morgan fingerprint density at radius 1 is 1.15 bits per heavy atom. The van der Waals surface area contributed by atoms with E-state index in [1.54, 1.807) is 18.1 Å². The van der Waals surface area contributed by atoms with Gasteiger partial charge in [-0.1, -0.05) is 41.4 Å². The van der Waals surface area contributed by atoms with E-state index in [1.807, 2.05) is 73.3 Å². The molecule has 0 aliphatic heterocycles. The highest BCUT2D eigenvalue weighted by Gasteiger charge is 2.26. The van der Waals surface area contributed by atoms with Crippen molar-refractivity contribution in [2.45, 2.75) is 13.0 Å². The number of halogens is 1. The molecule has 0 bridgehead atoms. The van der Waals surface area contributed by atoms with Gasteiger partial charge >= 0.3 is 6.03 Å². The van der Waals surface area contributed by atoms with E-state index >= 15 is 0 Å². The van der Waals surface area contributed by atoms with E-state index in [0.29, 0.717) is 5.02 Å². The Bertz CT molecular complexity index is 887. The molecule has 0 unspecified atom stereocenters. The van der Waals surface area contributed by atoms with Gasteiger partial charge in [0.2, 0.25) is 0 Å². The van der Waals surface area contributed by atoms with Crippen LogP contribution in [-0.2, 0) is 7.05 Å². The zero-order valence-electron chi connectivity index (χ0n) is 15.0. The lowest BCUT2D eigenvalue weighted by atomic mass is 10.1. The standard InChI is InChI=1S/C20H21ClN4O/c1-14-4-10-17(11-5-14)23-20(26)25(3)18(19-22-12-13-24(19)2)15-6-8-16(21)9-7-15/h4-13,18H,1-3H3,(H,23,26)/t18-/m1/s1. The topological polar surface area (TPSA) is 50.2 Å². The first-order valence-corrected chi connectivity index (χ1v) is 8.66. The summed E-state index contributed by atoms with van der Waals surface area (Å²) in [5.74, 6) is 0.772. The number of amides is 2. The fraction of sp³-hybridized carbons (Fsp3) is 0.200. The number of aryl methyl sites for hydroxylation is 2. The summed E-state index contributed by atoms with van der Waals surface area (Å²) in [7, 11) is 3.68. The number of carbonyl (C=O) groups is 1. The predicted octanol–water partition coefficient (Wildman–Crippen LogP) is 4.64. The molecule has 2 aromatic carbocycles. The van der Waals surface area contributed by atoms with Crippen LogP contribution in [0.2, 0.25) is 5.02 Å². The lowest BCUT2D eigenvalue weighted by molar-refractivity contribution is 0.209. The van der Waals surface area contributed by atoms with Gasteiger partial charge in [0.15, 0.2) is 0 Å². The van der Waals surface area contributed by atoms with Crippen LogP contribution in [0.5, 0.6) is 0 Å². The van der Waals surface area contributed by atoms with E-state index in [-0.39, 0.29) is 12.1 Å². The minimum absolute atomic E-state index is 0.211. The summed E-state index contributed by atoms with van der Waals surface area (Å²) >= 11 is 6.02. The van der Waals surface area contributed by atoms with Crippen LogP contribution in [0.3, 0.4) is 0 Å². The van der Waals surface area contributed by atoms with Crippen molar-refractivity contribution in [3.05, 3.63) is 82.9 Å². The van der Waals surface area contributed by atoms with Crippen LogP contribution >= 0.6 is 11.6 Å². The lowest BCUT2D eigenvalue weighted by Crippen LogP contribution is -2.36. The second-order valence-corrected chi connectivity index (χ2v) is 6.69. The molecule has 1 heterocycles. The number of hydrogen-bond acceptors (Lipinski definition) is 2. The van der Waals surface area contributed by atoms with Gasteiger partial charge in [-0.25, -0.2) is 9.78 Å². The van der Waals surface area contributed by atoms with Crippen LogP contribution < -0.4 is 5.32 Å². The number of aromatic nitrogens is 2. The highest BCUT2D eigenvalue weighted by molar-refractivity contribution is 6.30. The number of benzene rings is 2. The molecule has 3 rings (SSSR count). The average Bonchev–Trinajstić information content (AvgIpc) is 3.04. The molecule has 134 valence electrons. The van der Waals surface area contributed by atoms with Gasteiger partial charge in [0, 0.05) is 37.2 Å². The first-order valence-electron chi connectivity index (χ1n) is 8.29. The number of urea groups is 1. The Kier molecular flexibility index (Phi) is 5.28. The summed E-state index contributed by atoms with van der Waals surface area (Å²) in [6, 6.07) is 14.6. The van der Waals surface area contributed by atoms with Crippen LogP contribution in [0.15, 0.2) is 60.9 Å². The van der Waals surface area contributed by atoms with Gasteiger partial charge in [-0.2, -0.15) is 0 Å². The van der Waals surface area contributed by atoms with Crippen LogP contribution in [0.25, 0.3) is 0 Å². The van der Waals surface area contributed by atoms with Crippen LogP contribution in [0.4, 0.5) is 10.5 Å². The Labute approximate surface area is 158 Å². The third-order valence-corrected chi connectivity index (χ3v) is 4.55. The van der Waals surface area contributed by atoms with Crippen molar-refractivity contribution < 1.29 is 4.79 Å². The molecule has 0 radical (unpaired) electrons. The molecule has 1 N–H and O–H groups in total. The highest BCUT2D eigenvalue weighted by Crippen LogP contribution is 2.28. The van der Waals surface area contributed by atoms with Crippen LogP contribution in [-0.4, -0.2) is 27.5 Å². The monoisotopic (exact) mass is 368 g/mol. The maximum absolute atomic E-state index is 12.8. The number of anilines is 1. The van der Waals surface area contributed by atoms with Crippen LogP contribution in [0, 0.1) is 6.92 Å². The van der Waals surface area contributed by atoms with E-state index in [9.17, 15) is 4.79 Å². The molecule has 0 aliphatic carbocycles. The third-order valence-electron chi connectivity index (χ3n) is 4.30. The van der Waals surface area contributed by atoms with Crippen molar-refractivity contribution in [1.82, 2.24) is 14.5 Å². The number of rotatable bonds is 4. The summed E-state index contributed by atoms with van der Waals surface area (Å²) < 4.78 is 1.91. The van der Waals surface area contributed by atoms with Gasteiger partial charge in [-0.3, -0.25) is 0 Å². The van der Waals surface area contributed by atoms with Crippen molar-refractivity contribution in [3.63, 3.8) is 0 Å².